The molecule has 1 saturated heterocycles. The van der Waals surface area contributed by atoms with Crippen LogP contribution in [0.1, 0.15) is 18.4 Å². The second-order valence-electron chi connectivity index (χ2n) is 4.51. The lowest BCUT2D eigenvalue weighted by Gasteiger charge is -2.37. The number of urea groups is 1. The van der Waals surface area contributed by atoms with E-state index in [0.717, 1.165) is 49.2 Å². The maximum absolute atomic E-state index is 12.2. The van der Waals surface area contributed by atoms with Gasteiger partial charge in [0.1, 0.15) is 5.82 Å². The van der Waals surface area contributed by atoms with Crippen LogP contribution in [0.4, 0.5) is 10.6 Å². The van der Waals surface area contributed by atoms with Gasteiger partial charge in [-0.2, -0.15) is 0 Å². The van der Waals surface area contributed by atoms with Gasteiger partial charge in [-0.1, -0.05) is 0 Å². The number of hydrogen-bond donors (Lipinski definition) is 0. The van der Waals surface area contributed by atoms with E-state index in [1.165, 1.54) is 5.56 Å². The first-order valence-corrected chi connectivity index (χ1v) is 6.76. The molecule has 2 aliphatic rings. The molecule has 0 atom stereocenters. The van der Waals surface area contributed by atoms with Crippen LogP contribution in [0.15, 0.2) is 16.7 Å². The number of halogens is 1. The number of pyridine rings is 1. The molecule has 0 saturated carbocycles. The predicted octanol–water partition coefficient (Wildman–Crippen LogP) is 2.42. The zero-order valence-corrected chi connectivity index (χ0v) is 11.1. The highest BCUT2D eigenvalue weighted by atomic mass is 79.9. The number of likely N-dealkylation sites (tertiary alicyclic amines) is 1. The van der Waals surface area contributed by atoms with Crippen molar-refractivity contribution in [2.75, 3.05) is 24.5 Å². The van der Waals surface area contributed by atoms with Crippen molar-refractivity contribution in [2.45, 2.75) is 19.3 Å². The van der Waals surface area contributed by atoms with Gasteiger partial charge in [0, 0.05) is 30.3 Å². The lowest BCUT2D eigenvalue weighted by atomic mass is 10.1. The molecule has 3 heterocycles. The fourth-order valence-corrected chi connectivity index (χ4v) is 2.68. The molecule has 3 rings (SSSR count). The Kier molecular flexibility index (Phi) is 2.78. The maximum atomic E-state index is 12.2. The summed E-state index contributed by atoms with van der Waals surface area (Å²) in [5.74, 6) is 0.844. The van der Waals surface area contributed by atoms with Gasteiger partial charge in [-0.3, -0.25) is 4.90 Å². The average Bonchev–Trinajstić information content (AvgIpc) is 2.25. The number of aromatic nitrogens is 1. The van der Waals surface area contributed by atoms with Crippen LogP contribution in [-0.2, 0) is 6.42 Å². The monoisotopic (exact) mass is 295 g/mol. The summed E-state index contributed by atoms with van der Waals surface area (Å²) in [7, 11) is 0. The van der Waals surface area contributed by atoms with Gasteiger partial charge in [-0.25, -0.2) is 9.78 Å². The number of nitrogens with zero attached hydrogens (tertiary/aromatic N) is 3. The normalized spacial score (nSPS) is 18.6. The highest BCUT2D eigenvalue weighted by molar-refractivity contribution is 9.10. The number of carbonyl (C=O) groups excluding carboxylic acids is 1. The quantitative estimate of drug-likeness (QED) is 0.737. The van der Waals surface area contributed by atoms with E-state index in [9.17, 15) is 4.79 Å². The number of anilines is 1. The van der Waals surface area contributed by atoms with Gasteiger partial charge >= 0.3 is 6.03 Å². The molecule has 90 valence electrons. The summed E-state index contributed by atoms with van der Waals surface area (Å²) in [6.07, 6.45) is 4.91. The van der Waals surface area contributed by atoms with E-state index in [-0.39, 0.29) is 6.03 Å². The molecule has 0 aromatic carbocycles. The van der Waals surface area contributed by atoms with Crippen LogP contribution in [0.3, 0.4) is 0 Å². The molecule has 0 radical (unpaired) electrons. The summed E-state index contributed by atoms with van der Waals surface area (Å²) in [5, 5.41) is 0. The van der Waals surface area contributed by atoms with Crippen molar-refractivity contribution in [1.82, 2.24) is 9.88 Å². The number of carbonyl (C=O) groups is 1. The van der Waals surface area contributed by atoms with Crippen LogP contribution in [0, 0.1) is 0 Å². The summed E-state index contributed by atoms with van der Waals surface area (Å²) >= 11 is 3.42. The Morgan fingerprint density at radius 1 is 1.29 bits per heavy atom. The SMILES string of the molecule is O=C(N1CCC1)N1CCCc2cc(Br)cnc21. The molecule has 1 aromatic rings. The Hall–Kier alpha value is -1.10. The smallest absolute Gasteiger partial charge is 0.324 e. The molecule has 0 bridgehead atoms. The lowest BCUT2D eigenvalue weighted by molar-refractivity contribution is 0.173. The molecule has 1 aromatic heterocycles. The summed E-state index contributed by atoms with van der Waals surface area (Å²) in [4.78, 5) is 20.3. The molecule has 0 spiro atoms. The fraction of sp³-hybridized carbons (Fsp3) is 0.500. The van der Waals surface area contributed by atoms with E-state index in [0.29, 0.717) is 0 Å². The first-order chi connectivity index (χ1) is 8.25. The topological polar surface area (TPSA) is 36.4 Å². The molecule has 0 aliphatic carbocycles. The highest BCUT2D eigenvalue weighted by Crippen LogP contribution is 2.28. The van der Waals surface area contributed by atoms with Gasteiger partial charge in [0.05, 0.1) is 0 Å². The molecule has 0 unspecified atom stereocenters. The minimum atomic E-state index is 0.118. The molecular weight excluding hydrogens is 282 g/mol. The van der Waals surface area contributed by atoms with E-state index < -0.39 is 0 Å². The largest absolute Gasteiger partial charge is 0.325 e. The molecule has 0 N–H and O–H groups in total. The van der Waals surface area contributed by atoms with Gasteiger partial charge in [-0.15, -0.1) is 0 Å². The van der Waals surface area contributed by atoms with E-state index in [1.807, 2.05) is 9.80 Å². The number of aryl methyl sites for hydroxylation is 1. The van der Waals surface area contributed by atoms with Crippen LogP contribution >= 0.6 is 15.9 Å². The standard InChI is InChI=1S/C12H14BrN3O/c13-10-7-9-3-1-6-16(11(9)14-8-10)12(17)15-4-2-5-15/h7-8H,1-6H2. The molecule has 5 heteroatoms. The van der Waals surface area contributed by atoms with Crippen molar-refractivity contribution in [2.24, 2.45) is 0 Å². The van der Waals surface area contributed by atoms with Crippen LogP contribution < -0.4 is 4.90 Å². The highest BCUT2D eigenvalue weighted by Gasteiger charge is 2.30. The molecule has 2 aliphatic heterocycles. The molecular formula is C12H14BrN3O. The minimum Gasteiger partial charge on any atom is -0.324 e. The third-order valence-corrected chi connectivity index (χ3v) is 3.78. The third kappa shape index (κ3) is 1.92. The number of hydrogen-bond acceptors (Lipinski definition) is 2. The first kappa shape index (κ1) is 11.0. The zero-order valence-electron chi connectivity index (χ0n) is 9.53. The van der Waals surface area contributed by atoms with Gasteiger partial charge in [0.15, 0.2) is 0 Å². The Morgan fingerprint density at radius 3 is 2.82 bits per heavy atom. The fourth-order valence-electron chi connectivity index (χ4n) is 2.30. The third-order valence-electron chi connectivity index (χ3n) is 3.35. The maximum Gasteiger partial charge on any atom is 0.325 e. The molecule has 1 fully saturated rings. The van der Waals surface area contributed by atoms with Crippen LogP contribution in [0.2, 0.25) is 0 Å². The predicted molar refractivity (Wildman–Crippen MR) is 69.2 cm³/mol. The van der Waals surface area contributed by atoms with Crippen molar-refractivity contribution in [3.05, 3.63) is 22.3 Å². The van der Waals surface area contributed by atoms with Crippen LogP contribution in [0.25, 0.3) is 0 Å². The van der Waals surface area contributed by atoms with E-state index in [2.05, 4.69) is 27.0 Å². The lowest BCUT2D eigenvalue weighted by Crippen LogP contribution is -2.51. The Labute approximate surface area is 109 Å². The summed E-state index contributed by atoms with van der Waals surface area (Å²) in [6, 6.07) is 2.18. The van der Waals surface area contributed by atoms with Gasteiger partial charge in [0.25, 0.3) is 0 Å². The van der Waals surface area contributed by atoms with E-state index in [1.54, 1.807) is 6.20 Å². The van der Waals surface area contributed by atoms with Crippen LogP contribution in [-0.4, -0.2) is 35.5 Å². The average molecular weight is 296 g/mol. The molecule has 17 heavy (non-hydrogen) atoms. The van der Waals surface area contributed by atoms with Crippen molar-refractivity contribution >= 4 is 27.8 Å². The Morgan fingerprint density at radius 2 is 2.12 bits per heavy atom. The Bertz CT molecular complexity index is 459. The van der Waals surface area contributed by atoms with Crippen molar-refractivity contribution in [1.29, 1.82) is 0 Å². The van der Waals surface area contributed by atoms with Crippen molar-refractivity contribution in [3.63, 3.8) is 0 Å². The van der Waals surface area contributed by atoms with Crippen molar-refractivity contribution in [3.8, 4) is 0 Å². The number of rotatable bonds is 0. The zero-order chi connectivity index (χ0) is 11.8. The minimum absolute atomic E-state index is 0.118. The Balaban J connectivity index is 1.90. The van der Waals surface area contributed by atoms with Crippen molar-refractivity contribution < 1.29 is 4.79 Å². The van der Waals surface area contributed by atoms with E-state index in [4.69, 9.17) is 0 Å². The summed E-state index contributed by atoms with van der Waals surface area (Å²) in [5.41, 5.74) is 1.17. The molecule has 4 nitrogen and oxygen atoms in total. The molecule has 2 amide bonds. The summed E-state index contributed by atoms with van der Waals surface area (Å²) < 4.78 is 0.981. The second-order valence-corrected chi connectivity index (χ2v) is 5.43. The first-order valence-electron chi connectivity index (χ1n) is 5.96. The van der Waals surface area contributed by atoms with Gasteiger partial charge in [-0.05, 0) is 46.8 Å². The second kappa shape index (κ2) is 4.29. The number of amides is 2. The van der Waals surface area contributed by atoms with E-state index >= 15 is 0 Å². The van der Waals surface area contributed by atoms with Gasteiger partial charge < -0.3 is 4.90 Å². The summed E-state index contributed by atoms with van der Waals surface area (Å²) in [6.45, 7) is 2.57. The van der Waals surface area contributed by atoms with Gasteiger partial charge in [0.2, 0.25) is 0 Å². The van der Waals surface area contributed by atoms with Crippen LogP contribution in [0.5, 0.6) is 0 Å². The number of fused-ring (bicyclic) bond motifs is 1.